The third-order valence-corrected chi connectivity index (χ3v) is 4.26. The maximum absolute atomic E-state index is 11.2. The second kappa shape index (κ2) is 7.10. The molecule has 0 fully saturated rings. The standard InChI is InChI=1S/C17H15N5O2S/c1-11-2-4-12(5-3-11)13-6-7-15(22(23)24)14(8-13)9-19-21-17-20-16(18)10-25-17/h2-10H,18H2,1H3,(H,20,21). The molecule has 0 bridgehead atoms. The van der Waals surface area contributed by atoms with Gasteiger partial charge in [0, 0.05) is 11.4 Å². The smallest absolute Gasteiger partial charge is 0.278 e. The van der Waals surface area contributed by atoms with E-state index < -0.39 is 4.92 Å². The number of thiazole rings is 1. The molecule has 0 saturated heterocycles. The van der Waals surface area contributed by atoms with E-state index >= 15 is 0 Å². The molecule has 1 heterocycles. The first-order valence-corrected chi connectivity index (χ1v) is 8.26. The first-order valence-electron chi connectivity index (χ1n) is 7.38. The molecule has 0 unspecified atom stereocenters. The molecule has 0 spiro atoms. The molecule has 0 amide bonds. The van der Waals surface area contributed by atoms with Gasteiger partial charge in [-0.3, -0.25) is 15.5 Å². The number of nitrogen functional groups attached to an aromatic ring is 1. The number of nitrogens with two attached hydrogens (primary N) is 1. The van der Waals surface area contributed by atoms with Crippen LogP contribution in [-0.2, 0) is 0 Å². The van der Waals surface area contributed by atoms with E-state index in [2.05, 4.69) is 15.5 Å². The normalized spacial score (nSPS) is 10.9. The molecule has 0 aliphatic rings. The predicted molar refractivity (Wildman–Crippen MR) is 101 cm³/mol. The number of hydrogen-bond acceptors (Lipinski definition) is 7. The van der Waals surface area contributed by atoms with Crippen LogP contribution in [0.5, 0.6) is 0 Å². The predicted octanol–water partition coefficient (Wildman–Crippen LogP) is 4.05. The largest absolute Gasteiger partial charge is 0.383 e. The Morgan fingerprint density at radius 3 is 2.60 bits per heavy atom. The molecule has 25 heavy (non-hydrogen) atoms. The van der Waals surface area contributed by atoms with Gasteiger partial charge in [0.2, 0.25) is 5.13 Å². The number of rotatable bonds is 5. The Morgan fingerprint density at radius 1 is 1.24 bits per heavy atom. The molecule has 0 saturated carbocycles. The summed E-state index contributed by atoms with van der Waals surface area (Å²) in [5.41, 5.74) is 11.7. The molecule has 0 radical (unpaired) electrons. The number of anilines is 2. The van der Waals surface area contributed by atoms with Crippen molar-refractivity contribution in [3.8, 4) is 11.1 Å². The van der Waals surface area contributed by atoms with Crippen molar-refractivity contribution in [2.24, 2.45) is 5.10 Å². The molecule has 8 heteroatoms. The van der Waals surface area contributed by atoms with E-state index in [-0.39, 0.29) is 5.69 Å². The summed E-state index contributed by atoms with van der Waals surface area (Å²) >= 11 is 1.30. The number of hydrogen-bond donors (Lipinski definition) is 2. The molecule has 0 atom stereocenters. The number of aromatic nitrogens is 1. The Bertz CT molecular complexity index is 934. The summed E-state index contributed by atoms with van der Waals surface area (Å²) in [5.74, 6) is 0.398. The van der Waals surface area contributed by atoms with Crippen LogP contribution in [-0.4, -0.2) is 16.1 Å². The highest BCUT2D eigenvalue weighted by Crippen LogP contribution is 2.26. The van der Waals surface area contributed by atoms with E-state index in [0.29, 0.717) is 16.5 Å². The highest BCUT2D eigenvalue weighted by atomic mass is 32.1. The fourth-order valence-electron chi connectivity index (χ4n) is 2.24. The summed E-state index contributed by atoms with van der Waals surface area (Å²) in [7, 11) is 0. The molecule has 2 aromatic carbocycles. The molecule has 3 rings (SSSR count). The van der Waals surface area contributed by atoms with Crippen LogP contribution >= 0.6 is 11.3 Å². The highest BCUT2D eigenvalue weighted by molar-refractivity contribution is 7.14. The minimum Gasteiger partial charge on any atom is -0.383 e. The maximum atomic E-state index is 11.2. The fourth-order valence-corrected chi connectivity index (χ4v) is 2.79. The average Bonchev–Trinajstić information content (AvgIpc) is 3.00. The molecule has 0 aliphatic carbocycles. The van der Waals surface area contributed by atoms with Crippen LogP contribution in [0.25, 0.3) is 11.1 Å². The summed E-state index contributed by atoms with van der Waals surface area (Å²) < 4.78 is 0. The van der Waals surface area contributed by atoms with E-state index in [1.54, 1.807) is 17.5 Å². The first kappa shape index (κ1) is 16.6. The Balaban J connectivity index is 1.90. The van der Waals surface area contributed by atoms with E-state index in [9.17, 15) is 10.1 Å². The van der Waals surface area contributed by atoms with Crippen LogP contribution < -0.4 is 11.2 Å². The summed E-state index contributed by atoms with van der Waals surface area (Å²) in [5, 5.41) is 17.5. The summed E-state index contributed by atoms with van der Waals surface area (Å²) in [6.45, 7) is 2.01. The molecule has 3 aromatic rings. The maximum Gasteiger partial charge on any atom is 0.278 e. The molecule has 7 nitrogen and oxygen atoms in total. The molecular weight excluding hydrogens is 338 g/mol. The van der Waals surface area contributed by atoms with Gasteiger partial charge in [-0.1, -0.05) is 29.8 Å². The number of nitro groups is 1. The van der Waals surface area contributed by atoms with Crippen molar-refractivity contribution in [1.82, 2.24) is 4.98 Å². The zero-order chi connectivity index (χ0) is 17.8. The zero-order valence-electron chi connectivity index (χ0n) is 13.3. The van der Waals surface area contributed by atoms with Crippen molar-refractivity contribution < 1.29 is 4.92 Å². The van der Waals surface area contributed by atoms with E-state index in [4.69, 9.17) is 5.73 Å². The van der Waals surface area contributed by atoms with E-state index in [1.807, 2.05) is 31.2 Å². The van der Waals surface area contributed by atoms with Crippen LogP contribution in [0.15, 0.2) is 52.9 Å². The van der Waals surface area contributed by atoms with Crippen molar-refractivity contribution in [2.45, 2.75) is 6.92 Å². The first-order chi connectivity index (χ1) is 12.0. The van der Waals surface area contributed by atoms with Crippen molar-refractivity contribution in [3.05, 3.63) is 69.1 Å². The summed E-state index contributed by atoms with van der Waals surface area (Å²) in [4.78, 5) is 14.8. The van der Waals surface area contributed by atoms with Crippen LogP contribution in [0.3, 0.4) is 0 Å². The Morgan fingerprint density at radius 2 is 1.96 bits per heavy atom. The van der Waals surface area contributed by atoms with Gasteiger partial charge in [0.05, 0.1) is 16.7 Å². The summed E-state index contributed by atoms with van der Waals surface area (Å²) in [6, 6.07) is 12.9. The van der Waals surface area contributed by atoms with Gasteiger partial charge in [-0.05, 0) is 30.2 Å². The quantitative estimate of drug-likeness (QED) is 0.409. The molecule has 1 aromatic heterocycles. The van der Waals surface area contributed by atoms with Gasteiger partial charge < -0.3 is 5.73 Å². The Hall–Kier alpha value is -3.26. The number of aryl methyl sites for hydroxylation is 1. The van der Waals surface area contributed by atoms with Gasteiger partial charge in [0.25, 0.3) is 5.69 Å². The SMILES string of the molecule is Cc1ccc(-c2ccc([N+](=O)[O-])c(C=NNc3nc(N)cs3)c2)cc1. The monoisotopic (exact) mass is 353 g/mol. The second-order valence-electron chi connectivity index (χ2n) is 5.34. The topological polar surface area (TPSA) is 106 Å². The second-order valence-corrected chi connectivity index (χ2v) is 6.20. The number of nitro benzene ring substituents is 1. The molecular formula is C17H15N5O2S. The van der Waals surface area contributed by atoms with Gasteiger partial charge in [-0.15, -0.1) is 11.3 Å². The van der Waals surface area contributed by atoms with Crippen LogP contribution in [0.4, 0.5) is 16.6 Å². The lowest BCUT2D eigenvalue weighted by Gasteiger charge is -2.05. The number of nitrogens with zero attached hydrogens (tertiary/aromatic N) is 3. The Kier molecular flexibility index (Phi) is 4.71. The van der Waals surface area contributed by atoms with E-state index in [1.165, 1.54) is 23.6 Å². The van der Waals surface area contributed by atoms with Crippen molar-refractivity contribution in [3.63, 3.8) is 0 Å². The van der Waals surface area contributed by atoms with Crippen LogP contribution in [0, 0.1) is 17.0 Å². The van der Waals surface area contributed by atoms with Gasteiger partial charge in [-0.25, -0.2) is 4.98 Å². The van der Waals surface area contributed by atoms with E-state index in [0.717, 1.165) is 16.7 Å². The van der Waals surface area contributed by atoms with Gasteiger partial charge in [0.15, 0.2) is 0 Å². The highest BCUT2D eigenvalue weighted by Gasteiger charge is 2.13. The van der Waals surface area contributed by atoms with Gasteiger partial charge >= 0.3 is 0 Å². The average molecular weight is 353 g/mol. The van der Waals surface area contributed by atoms with Crippen molar-refractivity contribution >= 4 is 34.2 Å². The van der Waals surface area contributed by atoms with Gasteiger partial charge in [-0.2, -0.15) is 5.10 Å². The minimum atomic E-state index is -0.429. The zero-order valence-corrected chi connectivity index (χ0v) is 14.2. The molecule has 3 N–H and O–H groups in total. The number of benzene rings is 2. The Labute approximate surface area is 148 Å². The lowest BCUT2D eigenvalue weighted by atomic mass is 10.0. The lowest BCUT2D eigenvalue weighted by molar-refractivity contribution is -0.385. The van der Waals surface area contributed by atoms with Crippen molar-refractivity contribution in [2.75, 3.05) is 11.2 Å². The lowest BCUT2D eigenvalue weighted by Crippen LogP contribution is -1.97. The third kappa shape index (κ3) is 3.99. The summed E-state index contributed by atoms with van der Waals surface area (Å²) in [6.07, 6.45) is 1.41. The third-order valence-electron chi connectivity index (χ3n) is 3.49. The fraction of sp³-hybridized carbons (Fsp3) is 0.0588. The van der Waals surface area contributed by atoms with Gasteiger partial charge in [0.1, 0.15) is 5.82 Å². The van der Waals surface area contributed by atoms with Crippen molar-refractivity contribution in [1.29, 1.82) is 0 Å². The minimum absolute atomic E-state index is 0.0138. The molecule has 0 aliphatic heterocycles. The van der Waals surface area contributed by atoms with Crippen LogP contribution in [0.1, 0.15) is 11.1 Å². The number of hydrazone groups is 1. The van der Waals surface area contributed by atoms with Crippen LogP contribution in [0.2, 0.25) is 0 Å². The number of nitrogens with one attached hydrogen (secondary N) is 1. The molecule has 126 valence electrons.